The van der Waals surface area contributed by atoms with Gasteiger partial charge in [-0.2, -0.15) is 0 Å². The lowest BCUT2D eigenvalue weighted by Gasteiger charge is -2.34. The second-order valence-corrected chi connectivity index (χ2v) is 5.49. The third-order valence-corrected chi connectivity index (χ3v) is 3.70. The van der Waals surface area contributed by atoms with Crippen molar-refractivity contribution in [2.75, 3.05) is 0 Å². The minimum absolute atomic E-state index is 0.149. The molecule has 0 bridgehead atoms. The molecule has 0 amide bonds. The van der Waals surface area contributed by atoms with Crippen LogP contribution in [0.1, 0.15) is 46.1 Å². The second-order valence-electron chi connectivity index (χ2n) is 5.49. The molecule has 0 aliphatic rings. The maximum atomic E-state index is 9.22. The SMILES string of the molecule is CC(C)C(=NO)C(C)(C)C(C)c1ccccc1. The Morgan fingerprint density at radius 2 is 1.65 bits per heavy atom. The van der Waals surface area contributed by atoms with Crippen LogP contribution < -0.4 is 0 Å². The first-order valence-corrected chi connectivity index (χ1v) is 6.18. The lowest BCUT2D eigenvalue weighted by molar-refractivity contribution is 0.296. The van der Waals surface area contributed by atoms with Crippen molar-refractivity contribution < 1.29 is 5.21 Å². The summed E-state index contributed by atoms with van der Waals surface area (Å²) in [5.74, 6) is 0.568. The van der Waals surface area contributed by atoms with Gasteiger partial charge in [0.15, 0.2) is 0 Å². The third-order valence-electron chi connectivity index (χ3n) is 3.70. The molecule has 0 aliphatic heterocycles. The normalized spacial score (nSPS) is 15.1. The van der Waals surface area contributed by atoms with Crippen LogP contribution in [0.4, 0.5) is 0 Å². The second kappa shape index (κ2) is 5.35. The molecule has 2 nitrogen and oxygen atoms in total. The van der Waals surface area contributed by atoms with E-state index in [2.05, 4.69) is 51.9 Å². The van der Waals surface area contributed by atoms with Crippen LogP contribution in [0.5, 0.6) is 0 Å². The van der Waals surface area contributed by atoms with Gasteiger partial charge in [-0.3, -0.25) is 0 Å². The van der Waals surface area contributed by atoms with Crippen molar-refractivity contribution in [2.45, 2.75) is 40.5 Å². The Morgan fingerprint density at radius 1 is 1.12 bits per heavy atom. The van der Waals surface area contributed by atoms with Gasteiger partial charge in [-0.25, -0.2) is 0 Å². The molecular formula is C15H23NO. The Morgan fingerprint density at radius 3 is 2.06 bits per heavy atom. The van der Waals surface area contributed by atoms with Crippen LogP contribution in [-0.4, -0.2) is 10.9 Å². The Bertz CT molecular complexity index is 379. The standard InChI is InChI=1S/C15H23NO/c1-11(2)14(16-17)15(4,5)12(3)13-9-7-6-8-10-13/h6-12,17H,1-5H3. The summed E-state index contributed by atoms with van der Waals surface area (Å²) in [6.07, 6.45) is 0. The highest BCUT2D eigenvalue weighted by molar-refractivity contribution is 5.91. The maximum absolute atomic E-state index is 9.22. The summed E-state index contributed by atoms with van der Waals surface area (Å²) < 4.78 is 0. The number of nitrogens with zero attached hydrogens (tertiary/aromatic N) is 1. The van der Waals surface area contributed by atoms with Gasteiger partial charge in [0.05, 0.1) is 5.71 Å². The summed E-state index contributed by atoms with van der Waals surface area (Å²) in [4.78, 5) is 0. The van der Waals surface area contributed by atoms with Crippen LogP contribution in [0.3, 0.4) is 0 Å². The van der Waals surface area contributed by atoms with Crippen LogP contribution in [-0.2, 0) is 0 Å². The van der Waals surface area contributed by atoms with E-state index in [-0.39, 0.29) is 11.3 Å². The summed E-state index contributed by atoms with van der Waals surface area (Å²) in [7, 11) is 0. The minimum Gasteiger partial charge on any atom is -0.411 e. The highest BCUT2D eigenvalue weighted by Crippen LogP contribution is 2.38. The molecule has 0 aromatic heterocycles. The lowest BCUT2D eigenvalue weighted by Crippen LogP contribution is -2.33. The Kier molecular flexibility index (Phi) is 4.33. The molecule has 1 atom stereocenters. The fourth-order valence-electron chi connectivity index (χ4n) is 2.37. The van der Waals surface area contributed by atoms with Gasteiger partial charge in [0.2, 0.25) is 0 Å². The third kappa shape index (κ3) is 2.87. The summed E-state index contributed by atoms with van der Waals surface area (Å²) in [5, 5.41) is 12.7. The van der Waals surface area contributed by atoms with Crippen molar-refractivity contribution in [3.8, 4) is 0 Å². The largest absolute Gasteiger partial charge is 0.411 e. The topological polar surface area (TPSA) is 32.6 Å². The highest BCUT2D eigenvalue weighted by Gasteiger charge is 2.34. The Hall–Kier alpha value is -1.31. The number of oxime groups is 1. The first kappa shape index (κ1) is 13.8. The minimum atomic E-state index is -0.149. The van der Waals surface area contributed by atoms with E-state index in [0.717, 1.165) is 5.71 Å². The smallest absolute Gasteiger partial charge is 0.0658 e. The van der Waals surface area contributed by atoms with Crippen molar-refractivity contribution >= 4 is 5.71 Å². The van der Waals surface area contributed by atoms with Crippen molar-refractivity contribution in [3.63, 3.8) is 0 Å². The first-order valence-electron chi connectivity index (χ1n) is 6.18. The molecule has 17 heavy (non-hydrogen) atoms. The molecule has 0 saturated heterocycles. The summed E-state index contributed by atoms with van der Waals surface area (Å²) in [5.41, 5.74) is 1.98. The molecular weight excluding hydrogens is 210 g/mol. The number of hydrogen-bond donors (Lipinski definition) is 1. The van der Waals surface area contributed by atoms with Gasteiger partial charge in [0.25, 0.3) is 0 Å². The van der Waals surface area contributed by atoms with Gasteiger partial charge in [0, 0.05) is 5.41 Å². The Balaban J connectivity index is 3.06. The summed E-state index contributed by atoms with van der Waals surface area (Å²) >= 11 is 0. The van der Waals surface area contributed by atoms with E-state index in [1.807, 2.05) is 18.2 Å². The van der Waals surface area contributed by atoms with Crippen molar-refractivity contribution in [2.24, 2.45) is 16.5 Å². The molecule has 0 spiro atoms. The van der Waals surface area contributed by atoms with Gasteiger partial charge in [-0.1, -0.05) is 70.1 Å². The van der Waals surface area contributed by atoms with Crippen LogP contribution >= 0.6 is 0 Å². The average Bonchev–Trinajstić information content (AvgIpc) is 2.29. The monoisotopic (exact) mass is 233 g/mol. The zero-order chi connectivity index (χ0) is 13.1. The molecule has 0 aliphatic carbocycles. The Labute approximate surface area is 104 Å². The highest BCUT2D eigenvalue weighted by atomic mass is 16.4. The van der Waals surface area contributed by atoms with Crippen LogP contribution in [0, 0.1) is 11.3 Å². The molecule has 0 fully saturated rings. The number of hydrogen-bond acceptors (Lipinski definition) is 2. The van der Waals surface area contributed by atoms with Crippen LogP contribution in [0.2, 0.25) is 0 Å². The molecule has 1 N–H and O–H groups in total. The zero-order valence-corrected chi connectivity index (χ0v) is 11.4. The van der Waals surface area contributed by atoms with Gasteiger partial charge < -0.3 is 5.21 Å². The summed E-state index contributed by atoms with van der Waals surface area (Å²) in [6, 6.07) is 10.4. The van der Waals surface area contributed by atoms with E-state index in [1.54, 1.807) is 0 Å². The van der Waals surface area contributed by atoms with Crippen molar-refractivity contribution in [1.82, 2.24) is 0 Å². The first-order chi connectivity index (χ1) is 7.91. The molecule has 2 heteroatoms. The van der Waals surface area contributed by atoms with Crippen LogP contribution in [0.25, 0.3) is 0 Å². The van der Waals surface area contributed by atoms with Crippen molar-refractivity contribution in [3.05, 3.63) is 35.9 Å². The summed E-state index contributed by atoms with van der Waals surface area (Å²) in [6.45, 7) is 10.6. The lowest BCUT2D eigenvalue weighted by atomic mass is 9.70. The molecule has 0 saturated carbocycles. The molecule has 1 aromatic carbocycles. The van der Waals surface area contributed by atoms with Gasteiger partial charge >= 0.3 is 0 Å². The average molecular weight is 233 g/mol. The quantitative estimate of drug-likeness (QED) is 0.469. The maximum Gasteiger partial charge on any atom is 0.0658 e. The molecule has 0 radical (unpaired) electrons. The molecule has 1 rings (SSSR count). The number of rotatable bonds is 4. The van der Waals surface area contributed by atoms with E-state index in [4.69, 9.17) is 0 Å². The molecule has 0 heterocycles. The van der Waals surface area contributed by atoms with E-state index in [1.165, 1.54) is 5.56 Å². The molecule has 1 unspecified atom stereocenters. The van der Waals surface area contributed by atoms with Crippen molar-refractivity contribution in [1.29, 1.82) is 0 Å². The van der Waals surface area contributed by atoms with E-state index in [9.17, 15) is 5.21 Å². The van der Waals surface area contributed by atoms with E-state index in [0.29, 0.717) is 5.92 Å². The van der Waals surface area contributed by atoms with E-state index < -0.39 is 0 Å². The zero-order valence-electron chi connectivity index (χ0n) is 11.4. The van der Waals surface area contributed by atoms with E-state index >= 15 is 0 Å². The molecule has 94 valence electrons. The predicted octanol–water partition coefficient (Wildman–Crippen LogP) is 4.30. The fraction of sp³-hybridized carbons (Fsp3) is 0.533. The van der Waals surface area contributed by atoms with Crippen LogP contribution in [0.15, 0.2) is 35.5 Å². The van der Waals surface area contributed by atoms with Gasteiger partial charge in [0.1, 0.15) is 0 Å². The van der Waals surface area contributed by atoms with Gasteiger partial charge in [-0.05, 0) is 17.4 Å². The predicted molar refractivity (Wildman–Crippen MR) is 72.7 cm³/mol. The van der Waals surface area contributed by atoms with Gasteiger partial charge in [-0.15, -0.1) is 0 Å². The number of benzene rings is 1. The fourth-order valence-corrected chi connectivity index (χ4v) is 2.37. The molecule has 1 aromatic rings.